The number of hydrogen-bond donors (Lipinski definition) is 1. The SMILES string of the molecule is O=C1NCCN(Cc2ccc(-c3ccccc3)cc2)C1CC(=O)N1CCCC1. The van der Waals surface area contributed by atoms with Gasteiger partial charge in [-0.15, -0.1) is 0 Å². The van der Waals surface area contributed by atoms with Gasteiger partial charge in [-0.3, -0.25) is 14.5 Å². The number of piperazine rings is 1. The smallest absolute Gasteiger partial charge is 0.237 e. The Morgan fingerprint density at radius 2 is 1.61 bits per heavy atom. The van der Waals surface area contributed by atoms with Gasteiger partial charge in [-0.2, -0.15) is 0 Å². The fraction of sp³-hybridized carbons (Fsp3) is 0.391. The van der Waals surface area contributed by atoms with Crippen LogP contribution in [0.25, 0.3) is 11.1 Å². The van der Waals surface area contributed by atoms with Crippen molar-refractivity contribution in [3.8, 4) is 11.1 Å². The Bertz CT molecular complexity index is 814. The summed E-state index contributed by atoms with van der Waals surface area (Å²) in [5, 5.41) is 2.92. The van der Waals surface area contributed by atoms with Crippen molar-refractivity contribution in [1.29, 1.82) is 0 Å². The Hall–Kier alpha value is -2.66. The molecule has 5 nitrogen and oxygen atoms in total. The highest BCUT2D eigenvalue weighted by molar-refractivity contribution is 5.89. The quantitative estimate of drug-likeness (QED) is 0.872. The van der Waals surface area contributed by atoms with E-state index in [1.807, 2.05) is 23.1 Å². The predicted octanol–water partition coefficient (Wildman–Crippen LogP) is 2.67. The molecule has 0 radical (unpaired) electrons. The summed E-state index contributed by atoms with van der Waals surface area (Å²) in [5.41, 5.74) is 3.54. The Balaban J connectivity index is 1.44. The van der Waals surface area contributed by atoms with Crippen LogP contribution in [0.3, 0.4) is 0 Å². The maximum atomic E-state index is 12.6. The molecule has 5 heteroatoms. The van der Waals surface area contributed by atoms with Gasteiger partial charge in [0.05, 0.1) is 12.5 Å². The topological polar surface area (TPSA) is 52.7 Å². The predicted molar refractivity (Wildman–Crippen MR) is 110 cm³/mol. The molecule has 146 valence electrons. The van der Waals surface area contributed by atoms with E-state index in [0.29, 0.717) is 13.1 Å². The van der Waals surface area contributed by atoms with Gasteiger partial charge in [-0.05, 0) is 29.5 Å². The molecule has 0 bridgehead atoms. The van der Waals surface area contributed by atoms with Gasteiger partial charge in [0, 0.05) is 32.7 Å². The number of hydrogen-bond acceptors (Lipinski definition) is 3. The highest BCUT2D eigenvalue weighted by Gasteiger charge is 2.33. The fourth-order valence-corrected chi connectivity index (χ4v) is 4.10. The molecular weight excluding hydrogens is 350 g/mol. The first kappa shape index (κ1) is 18.7. The molecule has 0 aromatic heterocycles. The first-order valence-electron chi connectivity index (χ1n) is 10.1. The first-order valence-corrected chi connectivity index (χ1v) is 10.1. The van der Waals surface area contributed by atoms with Crippen molar-refractivity contribution in [2.24, 2.45) is 0 Å². The third-order valence-electron chi connectivity index (χ3n) is 5.72. The lowest BCUT2D eigenvalue weighted by atomic mass is 10.0. The van der Waals surface area contributed by atoms with Crippen molar-refractivity contribution in [1.82, 2.24) is 15.1 Å². The van der Waals surface area contributed by atoms with Gasteiger partial charge in [0.15, 0.2) is 0 Å². The zero-order valence-electron chi connectivity index (χ0n) is 16.1. The highest BCUT2D eigenvalue weighted by atomic mass is 16.2. The second-order valence-electron chi connectivity index (χ2n) is 7.63. The average molecular weight is 377 g/mol. The largest absolute Gasteiger partial charge is 0.353 e. The lowest BCUT2D eigenvalue weighted by Gasteiger charge is -2.35. The number of likely N-dealkylation sites (tertiary alicyclic amines) is 1. The Kier molecular flexibility index (Phi) is 5.72. The molecule has 2 aliphatic rings. The summed E-state index contributed by atoms with van der Waals surface area (Å²) in [6.07, 6.45) is 2.41. The third-order valence-corrected chi connectivity index (χ3v) is 5.72. The molecule has 2 fully saturated rings. The van der Waals surface area contributed by atoms with Crippen LogP contribution in [0.15, 0.2) is 54.6 Å². The van der Waals surface area contributed by atoms with Gasteiger partial charge in [-0.25, -0.2) is 0 Å². The van der Waals surface area contributed by atoms with Crippen LogP contribution < -0.4 is 5.32 Å². The number of benzene rings is 2. The maximum Gasteiger partial charge on any atom is 0.237 e. The summed E-state index contributed by atoms with van der Waals surface area (Å²) >= 11 is 0. The van der Waals surface area contributed by atoms with Crippen LogP contribution in [0, 0.1) is 0 Å². The molecule has 2 amide bonds. The second-order valence-corrected chi connectivity index (χ2v) is 7.63. The van der Waals surface area contributed by atoms with E-state index >= 15 is 0 Å². The minimum Gasteiger partial charge on any atom is -0.353 e. The summed E-state index contributed by atoms with van der Waals surface area (Å²) < 4.78 is 0. The maximum absolute atomic E-state index is 12.6. The molecule has 1 unspecified atom stereocenters. The minimum atomic E-state index is -0.379. The van der Waals surface area contributed by atoms with Gasteiger partial charge in [-0.1, -0.05) is 54.6 Å². The number of carbonyl (C=O) groups excluding carboxylic acids is 2. The number of amides is 2. The molecular formula is C23H27N3O2. The van der Waals surface area contributed by atoms with Gasteiger partial charge in [0.2, 0.25) is 11.8 Å². The molecule has 0 saturated carbocycles. The Morgan fingerprint density at radius 1 is 0.929 bits per heavy atom. The van der Waals surface area contributed by atoms with Crippen molar-refractivity contribution in [2.75, 3.05) is 26.2 Å². The molecule has 2 aromatic carbocycles. The van der Waals surface area contributed by atoms with Crippen LogP contribution >= 0.6 is 0 Å². The molecule has 1 atom stereocenters. The van der Waals surface area contributed by atoms with Crippen LogP contribution in [0.1, 0.15) is 24.8 Å². The highest BCUT2D eigenvalue weighted by Crippen LogP contribution is 2.21. The lowest BCUT2D eigenvalue weighted by Crippen LogP contribution is -2.56. The molecule has 1 N–H and O–H groups in total. The van der Waals surface area contributed by atoms with Crippen LogP contribution in [0.5, 0.6) is 0 Å². The van der Waals surface area contributed by atoms with Crippen molar-refractivity contribution in [3.63, 3.8) is 0 Å². The van der Waals surface area contributed by atoms with Gasteiger partial charge < -0.3 is 10.2 Å². The van der Waals surface area contributed by atoms with E-state index in [4.69, 9.17) is 0 Å². The van der Waals surface area contributed by atoms with Crippen LogP contribution in [0.2, 0.25) is 0 Å². The molecule has 0 spiro atoms. The van der Waals surface area contributed by atoms with Gasteiger partial charge in [0.1, 0.15) is 0 Å². The third kappa shape index (κ3) is 4.25. The summed E-state index contributed by atoms with van der Waals surface area (Å²) in [4.78, 5) is 29.1. The summed E-state index contributed by atoms with van der Waals surface area (Å²) in [5.74, 6) is 0.0729. The van der Waals surface area contributed by atoms with Crippen molar-refractivity contribution in [3.05, 3.63) is 60.2 Å². The van der Waals surface area contributed by atoms with Crippen molar-refractivity contribution >= 4 is 11.8 Å². The van der Waals surface area contributed by atoms with Crippen LogP contribution in [-0.4, -0.2) is 53.8 Å². The van der Waals surface area contributed by atoms with Crippen LogP contribution in [-0.2, 0) is 16.1 Å². The standard InChI is InChI=1S/C23H27N3O2/c27-22(25-13-4-5-14-25)16-21-23(28)24-12-15-26(21)17-18-8-10-20(11-9-18)19-6-2-1-3-7-19/h1-3,6-11,21H,4-5,12-17H2,(H,24,28). The van der Waals surface area contributed by atoms with E-state index in [1.165, 1.54) is 11.1 Å². The van der Waals surface area contributed by atoms with E-state index in [1.54, 1.807) is 0 Å². The molecule has 28 heavy (non-hydrogen) atoms. The van der Waals surface area contributed by atoms with Crippen molar-refractivity contribution < 1.29 is 9.59 Å². The fourth-order valence-electron chi connectivity index (χ4n) is 4.10. The number of nitrogens with one attached hydrogen (secondary N) is 1. The normalized spacial score (nSPS) is 20.2. The average Bonchev–Trinajstić information content (AvgIpc) is 3.27. The molecule has 2 heterocycles. The molecule has 2 aromatic rings. The minimum absolute atomic E-state index is 0.0281. The van der Waals surface area contributed by atoms with Gasteiger partial charge in [0.25, 0.3) is 0 Å². The van der Waals surface area contributed by atoms with Crippen molar-refractivity contribution in [2.45, 2.75) is 31.8 Å². The number of carbonyl (C=O) groups is 2. The first-order chi connectivity index (χ1) is 13.7. The lowest BCUT2D eigenvalue weighted by molar-refractivity contribution is -0.138. The Labute approximate surface area is 166 Å². The van der Waals surface area contributed by atoms with E-state index in [2.05, 4.69) is 46.6 Å². The second kappa shape index (κ2) is 8.57. The summed E-state index contributed by atoms with van der Waals surface area (Å²) in [6.45, 7) is 3.74. The molecule has 2 aliphatic heterocycles. The molecule has 2 saturated heterocycles. The zero-order valence-corrected chi connectivity index (χ0v) is 16.1. The van der Waals surface area contributed by atoms with E-state index < -0.39 is 0 Å². The van der Waals surface area contributed by atoms with Gasteiger partial charge >= 0.3 is 0 Å². The number of rotatable bonds is 5. The zero-order chi connectivity index (χ0) is 19.3. The summed E-state index contributed by atoms with van der Waals surface area (Å²) in [6, 6.07) is 18.4. The monoisotopic (exact) mass is 377 g/mol. The molecule has 4 rings (SSSR count). The van der Waals surface area contributed by atoms with E-state index in [0.717, 1.165) is 38.0 Å². The Morgan fingerprint density at radius 3 is 2.32 bits per heavy atom. The van der Waals surface area contributed by atoms with E-state index in [-0.39, 0.29) is 24.3 Å². The van der Waals surface area contributed by atoms with E-state index in [9.17, 15) is 9.59 Å². The number of nitrogens with zero attached hydrogens (tertiary/aromatic N) is 2. The van der Waals surface area contributed by atoms with Crippen LogP contribution in [0.4, 0.5) is 0 Å². The summed E-state index contributed by atoms with van der Waals surface area (Å²) in [7, 11) is 0. The molecule has 0 aliphatic carbocycles.